The predicted octanol–water partition coefficient (Wildman–Crippen LogP) is 3.78. The number of benzene rings is 1. The van der Waals surface area contributed by atoms with Gasteiger partial charge in [0.15, 0.2) is 0 Å². The van der Waals surface area contributed by atoms with Crippen LogP contribution in [0.25, 0.3) is 10.9 Å². The molecule has 1 saturated carbocycles. The molecule has 1 amide bonds. The maximum Gasteiger partial charge on any atom is 0.256 e. The van der Waals surface area contributed by atoms with Gasteiger partial charge in [0.25, 0.3) is 5.91 Å². The van der Waals surface area contributed by atoms with E-state index in [-0.39, 0.29) is 22.9 Å². The second-order valence-electron chi connectivity index (χ2n) is 7.11. The van der Waals surface area contributed by atoms with Gasteiger partial charge in [-0.05, 0) is 38.0 Å². The average molecular weight is 356 g/mol. The van der Waals surface area contributed by atoms with E-state index in [1.54, 1.807) is 12.3 Å². The van der Waals surface area contributed by atoms with E-state index in [2.05, 4.69) is 5.32 Å². The highest BCUT2D eigenvalue weighted by molar-refractivity contribution is 5.97. The standard InChI is InChI=1S/C21H28N2O3/c1-3-26-16-11-12-19-17(13-16)20(24)18(14-23(19)2)21(25)22-15-9-7-5-4-6-8-10-15/h11-15H,3-10H2,1-2H3,(H,22,25). The fourth-order valence-electron chi connectivity index (χ4n) is 3.75. The number of aryl methyl sites for hydroxylation is 1. The lowest BCUT2D eigenvalue weighted by molar-refractivity contribution is 0.0929. The molecule has 1 aliphatic carbocycles. The molecule has 1 aromatic heterocycles. The number of aromatic nitrogens is 1. The van der Waals surface area contributed by atoms with Crippen LogP contribution in [0.15, 0.2) is 29.2 Å². The second kappa shape index (κ2) is 8.39. The second-order valence-corrected chi connectivity index (χ2v) is 7.11. The third kappa shape index (κ3) is 4.09. The number of rotatable bonds is 4. The van der Waals surface area contributed by atoms with Crippen LogP contribution in [-0.2, 0) is 7.05 Å². The highest BCUT2D eigenvalue weighted by Crippen LogP contribution is 2.20. The van der Waals surface area contributed by atoms with Gasteiger partial charge in [0.2, 0.25) is 5.43 Å². The fourth-order valence-corrected chi connectivity index (χ4v) is 3.75. The van der Waals surface area contributed by atoms with E-state index < -0.39 is 0 Å². The summed E-state index contributed by atoms with van der Waals surface area (Å²) in [7, 11) is 1.86. The van der Waals surface area contributed by atoms with Crippen molar-refractivity contribution in [3.05, 3.63) is 40.2 Å². The summed E-state index contributed by atoms with van der Waals surface area (Å²) >= 11 is 0. The zero-order valence-electron chi connectivity index (χ0n) is 15.7. The minimum Gasteiger partial charge on any atom is -0.494 e. The lowest BCUT2D eigenvalue weighted by Gasteiger charge is -2.21. The van der Waals surface area contributed by atoms with E-state index in [4.69, 9.17) is 4.74 Å². The topological polar surface area (TPSA) is 60.3 Å². The number of carbonyl (C=O) groups excluding carboxylic acids is 1. The van der Waals surface area contributed by atoms with Crippen LogP contribution < -0.4 is 15.5 Å². The van der Waals surface area contributed by atoms with E-state index in [0.717, 1.165) is 31.2 Å². The first-order valence-electron chi connectivity index (χ1n) is 9.67. The quantitative estimate of drug-likeness (QED) is 0.907. The smallest absolute Gasteiger partial charge is 0.256 e. The monoisotopic (exact) mass is 356 g/mol. The van der Waals surface area contributed by atoms with Crippen molar-refractivity contribution in [3.8, 4) is 5.75 Å². The molecule has 0 unspecified atom stereocenters. The Balaban J connectivity index is 1.89. The Bertz CT molecular complexity index is 833. The Labute approximate surface area is 154 Å². The van der Waals surface area contributed by atoms with Crippen LogP contribution in [-0.4, -0.2) is 23.1 Å². The largest absolute Gasteiger partial charge is 0.494 e. The van der Waals surface area contributed by atoms with Gasteiger partial charge in [-0.15, -0.1) is 0 Å². The number of hydrogen-bond acceptors (Lipinski definition) is 3. The maximum atomic E-state index is 12.9. The molecule has 0 bridgehead atoms. The molecule has 0 atom stereocenters. The first-order valence-corrected chi connectivity index (χ1v) is 9.67. The van der Waals surface area contributed by atoms with Gasteiger partial charge in [-0.25, -0.2) is 0 Å². The molecular formula is C21H28N2O3. The van der Waals surface area contributed by atoms with Gasteiger partial charge in [-0.1, -0.05) is 32.1 Å². The predicted molar refractivity (Wildman–Crippen MR) is 104 cm³/mol. The summed E-state index contributed by atoms with van der Waals surface area (Å²) in [4.78, 5) is 25.7. The average Bonchev–Trinajstić information content (AvgIpc) is 2.60. The first kappa shape index (κ1) is 18.5. The van der Waals surface area contributed by atoms with Crippen molar-refractivity contribution in [2.45, 2.75) is 57.9 Å². The molecular weight excluding hydrogens is 328 g/mol. The van der Waals surface area contributed by atoms with Crippen LogP contribution >= 0.6 is 0 Å². The molecule has 2 aromatic rings. The zero-order valence-corrected chi connectivity index (χ0v) is 15.7. The van der Waals surface area contributed by atoms with Crippen LogP contribution in [0.2, 0.25) is 0 Å². The van der Waals surface area contributed by atoms with Crippen LogP contribution in [0.4, 0.5) is 0 Å². The van der Waals surface area contributed by atoms with Gasteiger partial charge in [0.1, 0.15) is 11.3 Å². The van der Waals surface area contributed by atoms with Gasteiger partial charge in [-0.2, -0.15) is 0 Å². The Hall–Kier alpha value is -2.30. The molecule has 26 heavy (non-hydrogen) atoms. The van der Waals surface area contributed by atoms with Crippen LogP contribution in [0.1, 0.15) is 62.2 Å². The minimum atomic E-state index is -0.264. The van der Waals surface area contributed by atoms with E-state index in [0.29, 0.717) is 17.7 Å². The third-order valence-electron chi connectivity index (χ3n) is 5.16. The molecule has 3 rings (SSSR count). The molecule has 1 fully saturated rings. The molecule has 0 aliphatic heterocycles. The highest BCUT2D eigenvalue weighted by Gasteiger charge is 2.19. The normalized spacial score (nSPS) is 16.1. The zero-order chi connectivity index (χ0) is 18.5. The van der Waals surface area contributed by atoms with Crippen molar-refractivity contribution in [1.82, 2.24) is 9.88 Å². The van der Waals surface area contributed by atoms with Crippen molar-refractivity contribution in [3.63, 3.8) is 0 Å². The number of pyridine rings is 1. The minimum absolute atomic E-state index is 0.165. The van der Waals surface area contributed by atoms with Crippen molar-refractivity contribution < 1.29 is 9.53 Å². The summed E-state index contributed by atoms with van der Waals surface area (Å²) < 4.78 is 7.34. The summed E-state index contributed by atoms with van der Waals surface area (Å²) in [5, 5.41) is 3.61. The Morgan fingerprint density at radius 2 is 1.88 bits per heavy atom. The van der Waals surface area contributed by atoms with Crippen LogP contribution in [0.3, 0.4) is 0 Å². The Morgan fingerprint density at radius 1 is 1.19 bits per heavy atom. The molecule has 140 valence electrons. The van der Waals surface area contributed by atoms with Gasteiger partial charge in [0, 0.05) is 19.3 Å². The van der Waals surface area contributed by atoms with Crippen LogP contribution in [0, 0.1) is 0 Å². The van der Waals surface area contributed by atoms with Gasteiger partial charge in [0.05, 0.1) is 17.5 Å². The molecule has 1 N–H and O–H groups in total. The van der Waals surface area contributed by atoms with E-state index >= 15 is 0 Å². The number of amides is 1. The summed E-state index contributed by atoms with van der Waals surface area (Å²) in [5.41, 5.74) is 0.764. The molecule has 1 heterocycles. The number of ether oxygens (including phenoxy) is 1. The van der Waals surface area contributed by atoms with Crippen molar-refractivity contribution in [1.29, 1.82) is 0 Å². The van der Waals surface area contributed by atoms with Gasteiger partial charge in [-0.3, -0.25) is 9.59 Å². The highest BCUT2D eigenvalue weighted by atomic mass is 16.5. The summed E-state index contributed by atoms with van der Waals surface area (Å²) in [6.07, 6.45) is 9.64. The summed E-state index contributed by atoms with van der Waals surface area (Å²) in [6, 6.07) is 5.60. The molecule has 5 heteroatoms. The molecule has 1 aromatic carbocycles. The number of nitrogens with zero attached hydrogens (tertiary/aromatic N) is 1. The van der Waals surface area contributed by atoms with Crippen molar-refractivity contribution >= 4 is 16.8 Å². The van der Waals surface area contributed by atoms with Crippen LogP contribution in [0.5, 0.6) is 5.75 Å². The van der Waals surface area contributed by atoms with Crippen molar-refractivity contribution in [2.75, 3.05) is 6.61 Å². The van der Waals surface area contributed by atoms with E-state index in [9.17, 15) is 9.59 Å². The molecule has 0 saturated heterocycles. The fraction of sp³-hybridized carbons (Fsp3) is 0.524. The van der Waals surface area contributed by atoms with E-state index in [1.807, 2.05) is 30.7 Å². The maximum absolute atomic E-state index is 12.9. The van der Waals surface area contributed by atoms with E-state index in [1.165, 1.54) is 19.3 Å². The molecule has 0 radical (unpaired) electrons. The summed E-state index contributed by atoms with van der Waals surface area (Å²) in [6.45, 7) is 2.44. The Kier molecular flexibility index (Phi) is 5.96. The lowest BCUT2D eigenvalue weighted by Crippen LogP contribution is -2.38. The van der Waals surface area contributed by atoms with Crippen molar-refractivity contribution in [2.24, 2.45) is 7.05 Å². The Morgan fingerprint density at radius 3 is 2.58 bits per heavy atom. The number of nitrogens with one attached hydrogen (secondary N) is 1. The molecule has 1 aliphatic rings. The number of hydrogen-bond donors (Lipinski definition) is 1. The number of fused-ring (bicyclic) bond motifs is 1. The van der Waals surface area contributed by atoms with Gasteiger partial charge < -0.3 is 14.6 Å². The third-order valence-corrected chi connectivity index (χ3v) is 5.16. The molecule has 0 spiro atoms. The van der Waals surface area contributed by atoms with Gasteiger partial charge >= 0.3 is 0 Å². The summed E-state index contributed by atoms with van der Waals surface area (Å²) in [5.74, 6) is 0.384. The first-order chi connectivity index (χ1) is 12.6. The SMILES string of the molecule is CCOc1ccc2c(c1)c(=O)c(C(=O)NC1CCCCCCC1)cn2C. The lowest BCUT2D eigenvalue weighted by atomic mass is 9.96. The number of carbonyl (C=O) groups is 1. The molecule has 5 nitrogen and oxygen atoms in total.